The molecule has 0 radical (unpaired) electrons. The van der Waals surface area contributed by atoms with E-state index in [-0.39, 0.29) is 24.8 Å². The van der Waals surface area contributed by atoms with E-state index in [4.69, 9.17) is 5.11 Å². The highest BCUT2D eigenvalue weighted by Gasteiger charge is 2.12. The topological polar surface area (TPSA) is 78.4 Å². The molecule has 0 spiro atoms. The van der Waals surface area contributed by atoms with Crippen molar-refractivity contribution in [2.45, 2.75) is 26.4 Å². The van der Waals surface area contributed by atoms with Crippen molar-refractivity contribution in [3.63, 3.8) is 0 Å². The zero-order chi connectivity index (χ0) is 15.2. The molecular formula is C13H17FN2O3S. The summed E-state index contributed by atoms with van der Waals surface area (Å²) < 4.78 is 41.3. The minimum atomic E-state index is -3.67. The third-order valence-electron chi connectivity index (χ3n) is 2.20. The Kier molecular flexibility index (Phi) is 6.10. The molecule has 0 atom stereocenters. The van der Waals surface area contributed by atoms with Gasteiger partial charge in [-0.15, -0.1) is 0 Å². The van der Waals surface area contributed by atoms with E-state index in [2.05, 4.69) is 21.3 Å². The molecule has 7 heteroatoms. The van der Waals surface area contributed by atoms with E-state index in [0.29, 0.717) is 5.56 Å². The second-order valence-corrected chi connectivity index (χ2v) is 5.89. The largest absolute Gasteiger partial charge is 0.384 e. The minimum Gasteiger partial charge on any atom is -0.384 e. The van der Waals surface area contributed by atoms with Gasteiger partial charge in [-0.3, -0.25) is 0 Å². The molecular weight excluding hydrogens is 283 g/mol. The molecule has 110 valence electrons. The van der Waals surface area contributed by atoms with Gasteiger partial charge in [-0.25, -0.2) is 4.39 Å². The molecule has 1 rings (SSSR count). The van der Waals surface area contributed by atoms with Crippen molar-refractivity contribution in [3.05, 3.63) is 35.1 Å². The minimum absolute atomic E-state index is 0.178. The fraction of sp³-hybridized carbons (Fsp3) is 0.385. The summed E-state index contributed by atoms with van der Waals surface area (Å²) in [6.45, 7) is 2.90. The number of rotatable bonds is 5. The molecule has 0 fully saturated rings. The number of benzene rings is 1. The number of hydrogen-bond acceptors (Lipinski definition) is 3. The van der Waals surface area contributed by atoms with Crippen molar-refractivity contribution in [2.24, 2.45) is 0 Å². The van der Waals surface area contributed by atoms with E-state index >= 15 is 0 Å². The molecule has 5 nitrogen and oxygen atoms in total. The molecule has 0 saturated heterocycles. The standard InChI is InChI=1S/C13H17FN2O3S/c1-10(2)16-20(18,19)15-9-12-8-11(4-3-7-17)5-6-13(12)14/h5-6,8,10,15-17H,7,9H2,1-2H3. The van der Waals surface area contributed by atoms with E-state index in [1.54, 1.807) is 13.8 Å². The zero-order valence-corrected chi connectivity index (χ0v) is 12.1. The predicted molar refractivity (Wildman–Crippen MR) is 74.4 cm³/mol. The summed E-state index contributed by atoms with van der Waals surface area (Å²) in [6, 6.07) is 3.86. The van der Waals surface area contributed by atoms with Crippen LogP contribution in [0.1, 0.15) is 25.0 Å². The molecule has 0 aromatic heterocycles. The first-order valence-electron chi connectivity index (χ1n) is 5.99. The molecule has 0 heterocycles. The van der Waals surface area contributed by atoms with Crippen LogP contribution < -0.4 is 9.44 Å². The quantitative estimate of drug-likeness (QED) is 0.693. The van der Waals surface area contributed by atoms with Gasteiger partial charge >= 0.3 is 0 Å². The summed E-state index contributed by atoms with van der Waals surface area (Å²) in [4.78, 5) is 0. The Hall–Kier alpha value is -1.46. The molecule has 0 aliphatic carbocycles. The molecule has 0 saturated carbocycles. The van der Waals surface area contributed by atoms with E-state index in [0.717, 1.165) is 0 Å². The van der Waals surface area contributed by atoms with Gasteiger partial charge in [0, 0.05) is 23.7 Å². The van der Waals surface area contributed by atoms with Gasteiger partial charge in [0.15, 0.2) is 0 Å². The monoisotopic (exact) mass is 300 g/mol. The van der Waals surface area contributed by atoms with Gasteiger partial charge in [0.25, 0.3) is 10.2 Å². The van der Waals surface area contributed by atoms with Crippen LogP contribution in [0.25, 0.3) is 0 Å². The van der Waals surface area contributed by atoms with Gasteiger partial charge in [0.2, 0.25) is 0 Å². The highest BCUT2D eigenvalue weighted by atomic mass is 32.2. The Morgan fingerprint density at radius 1 is 1.40 bits per heavy atom. The van der Waals surface area contributed by atoms with Crippen LogP contribution in [0, 0.1) is 17.7 Å². The summed E-state index contributed by atoms with van der Waals surface area (Å²) in [6.07, 6.45) is 0. The van der Waals surface area contributed by atoms with Crippen molar-refractivity contribution in [1.82, 2.24) is 9.44 Å². The summed E-state index contributed by atoms with van der Waals surface area (Å²) >= 11 is 0. The third kappa shape index (κ3) is 5.67. The van der Waals surface area contributed by atoms with Crippen molar-refractivity contribution in [3.8, 4) is 11.8 Å². The number of aliphatic hydroxyl groups is 1. The predicted octanol–water partition coefficient (Wildman–Crippen LogP) is 0.502. The lowest BCUT2D eigenvalue weighted by molar-refractivity contribution is 0.350. The second-order valence-electron chi connectivity index (χ2n) is 4.36. The van der Waals surface area contributed by atoms with Crippen LogP contribution in [0.5, 0.6) is 0 Å². The van der Waals surface area contributed by atoms with Gasteiger partial charge in [0.05, 0.1) is 0 Å². The van der Waals surface area contributed by atoms with Crippen LogP contribution in [0.4, 0.5) is 4.39 Å². The molecule has 0 amide bonds. The Bertz CT molecular complexity index is 618. The first-order chi connectivity index (χ1) is 9.34. The fourth-order valence-electron chi connectivity index (χ4n) is 1.45. The lowest BCUT2D eigenvalue weighted by Gasteiger charge is -2.11. The first kappa shape index (κ1) is 16.6. The summed E-state index contributed by atoms with van der Waals surface area (Å²) in [5.74, 6) is 4.55. The summed E-state index contributed by atoms with van der Waals surface area (Å²) in [5.41, 5.74) is 0.690. The van der Waals surface area contributed by atoms with Gasteiger partial charge in [-0.05, 0) is 32.0 Å². The molecule has 0 aliphatic rings. The van der Waals surface area contributed by atoms with E-state index in [9.17, 15) is 12.8 Å². The Balaban J connectivity index is 2.82. The number of hydrogen-bond donors (Lipinski definition) is 3. The molecule has 3 N–H and O–H groups in total. The maximum Gasteiger partial charge on any atom is 0.277 e. The molecule has 0 unspecified atom stereocenters. The van der Waals surface area contributed by atoms with E-state index in [1.807, 2.05) is 0 Å². The molecule has 1 aromatic rings. The highest BCUT2D eigenvalue weighted by molar-refractivity contribution is 7.87. The molecule has 0 aliphatic heterocycles. The third-order valence-corrected chi connectivity index (χ3v) is 3.51. The Morgan fingerprint density at radius 2 is 2.10 bits per heavy atom. The molecule has 20 heavy (non-hydrogen) atoms. The first-order valence-corrected chi connectivity index (χ1v) is 7.47. The average molecular weight is 300 g/mol. The number of halogens is 1. The van der Waals surface area contributed by atoms with Crippen molar-refractivity contribution < 1.29 is 17.9 Å². The second kappa shape index (κ2) is 7.36. The average Bonchev–Trinajstić information content (AvgIpc) is 2.34. The van der Waals surface area contributed by atoms with Crippen LogP contribution in [0.15, 0.2) is 18.2 Å². The fourth-order valence-corrected chi connectivity index (χ4v) is 2.50. The summed E-state index contributed by atoms with van der Waals surface area (Å²) in [7, 11) is -3.67. The van der Waals surface area contributed by atoms with Crippen LogP contribution in [-0.4, -0.2) is 26.2 Å². The van der Waals surface area contributed by atoms with Crippen LogP contribution >= 0.6 is 0 Å². The highest BCUT2D eigenvalue weighted by Crippen LogP contribution is 2.10. The van der Waals surface area contributed by atoms with Gasteiger partial charge in [-0.1, -0.05) is 11.8 Å². The Labute approximate surface area is 118 Å². The number of aliphatic hydroxyl groups excluding tert-OH is 1. The van der Waals surface area contributed by atoms with E-state index < -0.39 is 16.0 Å². The van der Waals surface area contributed by atoms with E-state index in [1.165, 1.54) is 18.2 Å². The normalized spacial score (nSPS) is 11.2. The smallest absolute Gasteiger partial charge is 0.277 e. The van der Waals surface area contributed by atoms with Crippen LogP contribution in [0.2, 0.25) is 0 Å². The Morgan fingerprint density at radius 3 is 2.70 bits per heavy atom. The maximum atomic E-state index is 13.6. The van der Waals surface area contributed by atoms with Crippen molar-refractivity contribution in [1.29, 1.82) is 0 Å². The zero-order valence-electron chi connectivity index (χ0n) is 11.3. The summed E-state index contributed by atoms with van der Waals surface area (Å²) in [5, 5.41) is 8.60. The SMILES string of the molecule is CC(C)NS(=O)(=O)NCc1cc(C#CCO)ccc1F. The van der Waals surface area contributed by atoms with Crippen molar-refractivity contribution in [2.75, 3.05) is 6.61 Å². The molecule has 0 bridgehead atoms. The lowest BCUT2D eigenvalue weighted by Crippen LogP contribution is -2.40. The van der Waals surface area contributed by atoms with Crippen LogP contribution in [0.3, 0.4) is 0 Å². The van der Waals surface area contributed by atoms with Gasteiger partial charge in [0.1, 0.15) is 12.4 Å². The number of nitrogens with one attached hydrogen (secondary N) is 2. The van der Waals surface area contributed by atoms with Gasteiger partial charge < -0.3 is 5.11 Å². The maximum absolute atomic E-state index is 13.6. The van der Waals surface area contributed by atoms with Crippen molar-refractivity contribution >= 4 is 10.2 Å². The lowest BCUT2D eigenvalue weighted by atomic mass is 10.1. The van der Waals surface area contributed by atoms with Crippen LogP contribution in [-0.2, 0) is 16.8 Å². The van der Waals surface area contributed by atoms with Gasteiger partial charge in [-0.2, -0.15) is 17.9 Å². The molecule has 1 aromatic carbocycles.